The van der Waals surface area contributed by atoms with E-state index in [9.17, 15) is 9.59 Å². The summed E-state index contributed by atoms with van der Waals surface area (Å²) in [7, 11) is 0. The molecule has 6 nitrogen and oxygen atoms in total. The molecule has 0 aliphatic heterocycles. The molecule has 2 aromatic rings. The van der Waals surface area contributed by atoms with Crippen molar-refractivity contribution in [1.82, 2.24) is 9.97 Å². The monoisotopic (exact) mass is 324 g/mol. The fourth-order valence-electron chi connectivity index (χ4n) is 2.78. The number of amides is 1. The van der Waals surface area contributed by atoms with Crippen LogP contribution in [0, 0.1) is 0 Å². The summed E-state index contributed by atoms with van der Waals surface area (Å²) in [6.07, 6.45) is 7.85. The SMILES string of the molecule is CC(=O)c1ccc(NC(=O)c2cnc(NC3CCCC3)cn2)cc1. The number of rotatable bonds is 5. The van der Waals surface area contributed by atoms with Gasteiger partial charge in [-0.3, -0.25) is 9.59 Å². The molecule has 0 unspecified atom stereocenters. The van der Waals surface area contributed by atoms with E-state index in [0.29, 0.717) is 23.1 Å². The minimum atomic E-state index is -0.328. The Bertz CT molecular complexity index is 720. The minimum Gasteiger partial charge on any atom is -0.366 e. The zero-order valence-electron chi connectivity index (χ0n) is 13.6. The highest BCUT2D eigenvalue weighted by molar-refractivity contribution is 6.03. The van der Waals surface area contributed by atoms with Crippen LogP contribution in [0.4, 0.5) is 11.5 Å². The molecule has 0 spiro atoms. The van der Waals surface area contributed by atoms with Crippen molar-refractivity contribution in [3.8, 4) is 0 Å². The van der Waals surface area contributed by atoms with Crippen LogP contribution in [0.5, 0.6) is 0 Å². The van der Waals surface area contributed by atoms with Crippen LogP contribution in [-0.4, -0.2) is 27.7 Å². The molecule has 1 amide bonds. The lowest BCUT2D eigenvalue weighted by Gasteiger charge is -2.12. The van der Waals surface area contributed by atoms with E-state index in [4.69, 9.17) is 0 Å². The molecule has 0 atom stereocenters. The highest BCUT2D eigenvalue weighted by Crippen LogP contribution is 2.21. The van der Waals surface area contributed by atoms with Crippen LogP contribution < -0.4 is 10.6 Å². The van der Waals surface area contributed by atoms with E-state index in [-0.39, 0.29) is 17.4 Å². The van der Waals surface area contributed by atoms with Gasteiger partial charge in [0.25, 0.3) is 5.91 Å². The molecule has 1 aliphatic rings. The summed E-state index contributed by atoms with van der Waals surface area (Å²) in [5, 5.41) is 6.08. The van der Waals surface area contributed by atoms with Gasteiger partial charge < -0.3 is 10.6 Å². The lowest BCUT2D eigenvalue weighted by Crippen LogP contribution is -2.17. The molecule has 24 heavy (non-hydrogen) atoms. The van der Waals surface area contributed by atoms with Crippen LogP contribution in [-0.2, 0) is 0 Å². The van der Waals surface area contributed by atoms with Gasteiger partial charge in [0.05, 0.1) is 12.4 Å². The average molecular weight is 324 g/mol. The summed E-state index contributed by atoms with van der Waals surface area (Å²) in [6.45, 7) is 1.50. The number of hydrogen-bond donors (Lipinski definition) is 2. The summed E-state index contributed by atoms with van der Waals surface area (Å²) < 4.78 is 0. The number of aromatic nitrogens is 2. The second-order valence-electron chi connectivity index (χ2n) is 6.00. The van der Waals surface area contributed by atoms with Crippen LogP contribution >= 0.6 is 0 Å². The van der Waals surface area contributed by atoms with E-state index in [1.165, 1.54) is 26.0 Å². The predicted octanol–water partition coefficient (Wildman–Crippen LogP) is 3.29. The third-order valence-corrected chi connectivity index (χ3v) is 4.14. The first-order valence-electron chi connectivity index (χ1n) is 8.13. The first kappa shape index (κ1) is 16.1. The van der Waals surface area contributed by atoms with Crippen molar-refractivity contribution in [2.75, 3.05) is 10.6 Å². The first-order chi connectivity index (χ1) is 11.6. The molecule has 1 heterocycles. The van der Waals surface area contributed by atoms with Gasteiger partial charge >= 0.3 is 0 Å². The topological polar surface area (TPSA) is 84.0 Å². The van der Waals surface area contributed by atoms with Crippen LogP contribution in [0.25, 0.3) is 0 Å². The van der Waals surface area contributed by atoms with Crippen LogP contribution in [0.3, 0.4) is 0 Å². The fraction of sp³-hybridized carbons (Fsp3) is 0.333. The van der Waals surface area contributed by atoms with E-state index in [1.807, 2.05) is 0 Å². The van der Waals surface area contributed by atoms with Gasteiger partial charge in [-0.1, -0.05) is 12.8 Å². The van der Waals surface area contributed by atoms with Crippen molar-refractivity contribution >= 4 is 23.2 Å². The Balaban J connectivity index is 1.60. The maximum absolute atomic E-state index is 12.2. The van der Waals surface area contributed by atoms with Gasteiger partial charge in [0.15, 0.2) is 5.78 Å². The summed E-state index contributed by atoms with van der Waals surface area (Å²) in [5.41, 5.74) is 1.47. The Labute approximate surface area is 140 Å². The van der Waals surface area contributed by atoms with Crippen molar-refractivity contribution in [3.05, 3.63) is 47.9 Å². The molecule has 2 N–H and O–H groups in total. The van der Waals surface area contributed by atoms with E-state index < -0.39 is 0 Å². The number of Topliss-reactive ketones (excluding diaryl/α,β-unsaturated/α-hetero) is 1. The second-order valence-corrected chi connectivity index (χ2v) is 6.00. The van der Waals surface area contributed by atoms with Crippen LogP contribution in [0.1, 0.15) is 53.5 Å². The highest BCUT2D eigenvalue weighted by Gasteiger charge is 2.15. The standard InChI is InChI=1S/C18H20N4O2/c1-12(23)13-6-8-15(9-7-13)22-18(24)16-10-20-17(11-19-16)21-14-4-2-3-5-14/h6-11,14H,2-5H2,1H3,(H,20,21)(H,22,24). The largest absolute Gasteiger partial charge is 0.366 e. The molecule has 1 fully saturated rings. The van der Waals surface area contributed by atoms with Gasteiger partial charge in [-0.25, -0.2) is 9.97 Å². The number of benzene rings is 1. The number of hydrogen-bond acceptors (Lipinski definition) is 5. The van der Waals surface area contributed by atoms with E-state index >= 15 is 0 Å². The number of nitrogens with one attached hydrogen (secondary N) is 2. The van der Waals surface area contributed by atoms with Gasteiger partial charge in [0, 0.05) is 17.3 Å². The molecule has 1 aromatic heterocycles. The van der Waals surface area contributed by atoms with E-state index in [1.54, 1.807) is 30.5 Å². The van der Waals surface area contributed by atoms with Gasteiger partial charge in [0.1, 0.15) is 11.5 Å². The highest BCUT2D eigenvalue weighted by atomic mass is 16.2. The van der Waals surface area contributed by atoms with Crippen molar-refractivity contribution in [1.29, 1.82) is 0 Å². The first-order valence-corrected chi connectivity index (χ1v) is 8.13. The number of anilines is 2. The lowest BCUT2D eigenvalue weighted by molar-refractivity contribution is 0.101. The summed E-state index contributed by atoms with van der Waals surface area (Å²) in [6, 6.07) is 7.20. The second kappa shape index (κ2) is 7.21. The molecule has 0 radical (unpaired) electrons. The Morgan fingerprint density at radius 1 is 1.04 bits per heavy atom. The zero-order chi connectivity index (χ0) is 16.9. The summed E-state index contributed by atoms with van der Waals surface area (Å²) in [4.78, 5) is 31.9. The fourth-order valence-corrected chi connectivity index (χ4v) is 2.78. The minimum absolute atomic E-state index is 0.0101. The Morgan fingerprint density at radius 3 is 2.33 bits per heavy atom. The van der Waals surface area contributed by atoms with Gasteiger partial charge in [-0.15, -0.1) is 0 Å². The maximum atomic E-state index is 12.2. The molecule has 1 saturated carbocycles. The zero-order valence-corrected chi connectivity index (χ0v) is 13.6. The molecular formula is C18H20N4O2. The molecule has 1 aromatic carbocycles. The normalized spacial score (nSPS) is 14.4. The quantitative estimate of drug-likeness (QED) is 0.825. The third kappa shape index (κ3) is 3.95. The number of carbonyl (C=O) groups excluding carboxylic acids is 2. The predicted molar refractivity (Wildman–Crippen MR) is 92.3 cm³/mol. The molecule has 124 valence electrons. The smallest absolute Gasteiger partial charge is 0.275 e. The summed E-state index contributed by atoms with van der Waals surface area (Å²) >= 11 is 0. The third-order valence-electron chi connectivity index (χ3n) is 4.14. The summed E-state index contributed by atoms with van der Waals surface area (Å²) in [5.74, 6) is 0.360. The van der Waals surface area contributed by atoms with Gasteiger partial charge in [-0.05, 0) is 44.0 Å². The van der Waals surface area contributed by atoms with E-state index in [0.717, 1.165) is 12.8 Å². The Morgan fingerprint density at radius 2 is 1.75 bits per heavy atom. The van der Waals surface area contributed by atoms with Crippen LogP contribution in [0.2, 0.25) is 0 Å². The maximum Gasteiger partial charge on any atom is 0.275 e. The van der Waals surface area contributed by atoms with Crippen molar-refractivity contribution in [2.24, 2.45) is 0 Å². The molecule has 0 bridgehead atoms. The Hall–Kier alpha value is -2.76. The van der Waals surface area contributed by atoms with Gasteiger partial charge in [-0.2, -0.15) is 0 Å². The van der Waals surface area contributed by atoms with Gasteiger partial charge in [0.2, 0.25) is 0 Å². The molecule has 3 rings (SSSR count). The van der Waals surface area contributed by atoms with Crippen LogP contribution in [0.15, 0.2) is 36.7 Å². The molecular weight excluding hydrogens is 304 g/mol. The number of ketones is 1. The number of carbonyl (C=O) groups is 2. The Kier molecular flexibility index (Phi) is 4.84. The molecule has 6 heteroatoms. The van der Waals surface area contributed by atoms with Crippen molar-refractivity contribution in [2.45, 2.75) is 38.6 Å². The van der Waals surface area contributed by atoms with Crippen molar-refractivity contribution in [3.63, 3.8) is 0 Å². The average Bonchev–Trinajstić information content (AvgIpc) is 3.09. The molecule has 1 aliphatic carbocycles. The van der Waals surface area contributed by atoms with Crippen molar-refractivity contribution < 1.29 is 9.59 Å². The lowest BCUT2D eigenvalue weighted by atomic mass is 10.1. The molecule has 0 saturated heterocycles. The van der Waals surface area contributed by atoms with E-state index in [2.05, 4.69) is 20.6 Å². The number of nitrogens with zero attached hydrogens (tertiary/aromatic N) is 2.